The average Bonchev–Trinajstić information content (AvgIpc) is 3.46. The fraction of sp³-hybridized carbons (Fsp3) is 0.389. The molecule has 11 nitrogen and oxygen atoms in total. The Hall–Kier alpha value is -3.30. The number of nitrogens with one attached hydrogen (secondary N) is 4. The summed E-state index contributed by atoms with van der Waals surface area (Å²) in [5, 5.41) is 10.6. The molecule has 158 valence electrons. The first-order chi connectivity index (χ1) is 14.2. The van der Waals surface area contributed by atoms with E-state index in [1.54, 1.807) is 0 Å². The summed E-state index contributed by atoms with van der Waals surface area (Å²) in [5.41, 5.74) is -1.85. The maximum atomic E-state index is 12.6. The molecule has 1 aromatic heterocycles. The second-order valence-electron chi connectivity index (χ2n) is 6.89. The van der Waals surface area contributed by atoms with Gasteiger partial charge in [-0.15, -0.1) is 12.3 Å². The molecule has 0 bridgehead atoms. The van der Waals surface area contributed by atoms with E-state index in [-0.39, 0.29) is 22.5 Å². The molecule has 1 aromatic carbocycles. The number of aromatic nitrogens is 2. The molecule has 4 N–H and O–H groups in total. The zero-order chi connectivity index (χ0) is 21.9. The van der Waals surface area contributed by atoms with E-state index in [0.717, 1.165) is 0 Å². The molecule has 1 unspecified atom stereocenters. The Bertz CT molecular complexity index is 1260. The van der Waals surface area contributed by atoms with Crippen LogP contribution in [-0.4, -0.2) is 42.5 Å². The predicted octanol–water partition coefficient (Wildman–Crippen LogP) is -0.0350. The smallest absolute Gasteiger partial charge is 0.314 e. The first-order valence-corrected chi connectivity index (χ1v) is 10.6. The zero-order valence-electron chi connectivity index (χ0n) is 16.1. The third-order valence-corrected chi connectivity index (χ3v) is 6.14. The van der Waals surface area contributed by atoms with Crippen LogP contribution in [0.3, 0.4) is 0 Å². The number of fused-ring (bicyclic) bond motifs is 1. The van der Waals surface area contributed by atoms with Gasteiger partial charge in [-0.05, 0) is 25.1 Å². The first-order valence-electron chi connectivity index (χ1n) is 9.10. The molecule has 30 heavy (non-hydrogen) atoms. The summed E-state index contributed by atoms with van der Waals surface area (Å²) < 4.78 is 27.5. The van der Waals surface area contributed by atoms with E-state index in [1.807, 2.05) is 0 Å². The molecule has 12 heteroatoms. The van der Waals surface area contributed by atoms with Crippen molar-refractivity contribution in [2.75, 3.05) is 6.54 Å². The molecule has 0 radical (unpaired) electrons. The fourth-order valence-electron chi connectivity index (χ4n) is 2.82. The van der Waals surface area contributed by atoms with E-state index in [9.17, 15) is 22.8 Å². The Morgan fingerprint density at radius 3 is 2.50 bits per heavy atom. The van der Waals surface area contributed by atoms with Crippen LogP contribution in [0.4, 0.5) is 0 Å². The van der Waals surface area contributed by atoms with E-state index in [0.29, 0.717) is 19.3 Å². The number of carbonyl (C=O) groups excluding carboxylic acids is 1. The number of nitrogens with zero attached hydrogens (tertiary/aromatic N) is 2. The third-order valence-electron chi connectivity index (χ3n) is 4.61. The summed E-state index contributed by atoms with van der Waals surface area (Å²) in [6.45, 7) is 1.68. The lowest BCUT2D eigenvalue weighted by Crippen LogP contribution is -2.45. The number of carbonyl (C=O) groups is 1. The van der Waals surface area contributed by atoms with Crippen molar-refractivity contribution in [2.45, 2.75) is 42.8 Å². The van der Waals surface area contributed by atoms with Crippen LogP contribution in [0.1, 0.15) is 26.2 Å². The highest BCUT2D eigenvalue weighted by Crippen LogP contribution is 2.35. The molecular formula is C18H20N6O5S. The van der Waals surface area contributed by atoms with Gasteiger partial charge in [0.15, 0.2) is 5.66 Å². The van der Waals surface area contributed by atoms with Crippen molar-refractivity contribution in [1.29, 1.82) is 0 Å². The standard InChI is InChI=1S/C18H20N6O5S/c1-3-4-7-18(23-24-18)8-9-19-15(25)11(2)22-30(28,29)12-5-6-13-14(10-12)21-17(27)16(26)20-13/h1,5-6,10-11,22H,4,7-9H2,2H3,(H,19,25)(H,20,26)(H,21,27). The summed E-state index contributed by atoms with van der Waals surface area (Å²) in [7, 11) is -4.06. The number of rotatable bonds is 9. The Morgan fingerprint density at radius 2 is 1.87 bits per heavy atom. The summed E-state index contributed by atoms with van der Waals surface area (Å²) in [4.78, 5) is 39.5. The van der Waals surface area contributed by atoms with Gasteiger partial charge < -0.3 is 15.3 Å². The van der Waals surface area contributed by atoms with Crippen molar-refractivity contribution < 1.29 is 13.2 Å². The van der Waals surface area contributed by atoms with Gasteiger partial charge in [0.25, 0.3) is 0 Å². The number of terminal acetylenes is 1. The Morgan fingerprint density at radius 1 is 1.20 bits per heavy atom. The lowest BCUT2D eigenvalue weighted by Gasteiger charge is -2.15. The topological polar surface area (TPSA) is 166 Å². The van der Waals surface area contributed by atoms with Crippen LogP contribution in [0.2, 0.25) is 0 Å². The van der Waals surface area contributed by atoms with E-state index in [4.69, 9.17) is 6.42 Å². The van der Waals surface area contributed by atoms with Gasteiger partial charge in [0.2, 0.25) is 15.9 Å². The van der Waals surface area contributed by atoms with Crippen LogP contribution >= 0.6 is 0 Å². The van der Waals surface area contributed by atoms with Gasteiger partial charge >= 0.3 is 11.1 Å². The van der Waals surface area contributed by atoms with E-state index in [1.165, 1.54) is 25.1 Å². The van der Waals surface area contributed by atoms with E-state index in [2.05, 4.69) is 36.2 Å². The highest BCUT2D eigenvalue weighted by atomic mass is 32.2. The normalized spacial score (nSPS) is 15.5. The summed E-state index contributed by atoms with van der Waals surface area (Å²) in [6, 6.07) is 2.76. The molecule has 0 aliphatic carbocycles. The zero-order valence-corrected chi connectivity index (χ0v) is 16.9. The summed E-state index contributed by atoms with van der Waals surface area (Å²) >= 11 is 0. The number of hydrogen-bond donors (Lipinski definition) is 4. The minimum atomic E-state index is -4.06. The van der Waals surface area contributed by atoms with E-state index >= 15 is 0 Å². The Balaban J connectivity index is 1.61. The molecule has 1 aliphatic heterocycles. The molecule has 2 aromatic rings. The van der Waals surface area contributed by atoms with Gasteiger partial charge in [-0.2, -0.15) is 15.0 Å². The molecule has 1 aliphatic rings. The molecule has 1 amide bonds. The van der Waals surface area contributed by atoms with Gasteiger partial charge in [-0.1, -0.05) is 0 Å². The van der Waals surface area contributed by atoms with Crippen molar-refractivity contribution in [3.8, 4) is 12.3 Å². The van der Waals surface area contributed by atoms with Crippen LogP contribution < -0.4 is 21.2 Å². The molecule has 1 atom stereocenters. The van der Waals surface area contributed by atoms with Crippen molar-refractivity contribution in [2.24, 2.45) is 10.2 Å². The molecular weight excluding hydrogens is 412 g/mol. The first kappa shape index (κ1) is 21.4. The molecule has 2 heterocycles. The Kier molecular flexibility index (Phi) is 5.86. The second kappa shape index (κ2) is 8.21. The van der Waals surface area contributed by atoms with Crippen LogP contribution in [0, 0.1) is 12.3 Å². The highest BCUT2D eigenvalue weighted by molar-refractivity contribution is 7.89. The van der Waals surface area contributed by atoms with Crippen molar-refractivity contribution in [3.63, 3.8) is 0 Å². The summed E-state index contributed by atoms with van der Waals surface area (Å²) in [5.74, 6) is 2.01. The molecule has 0 saturated heterocycles. The minimum absolute atomic E-state index is 0.147. The monoisotopic (exact) mass is 432 g/mol. The number of amides is 1. The maximum Gasteiger partial charge on any atom is 0.314 e. The lowest BCUT2D eigenvalue weighted by atomic mass is 10.0. The largest absolute Gasteiger partial charge is 0.355 e. The van der Waals surface area contributed by atoms with Gasteiger partial charge in [0, 0.05) is 25.8 Å². The second-order valence-corrected chi connectivity index (χ2v) is 8.60. The number of aromatic amines is 2. The van der Waals surface area contributed by atoms with Gasteiger partial charge in [-0.25, -0.2) is 8.42 Å². The minimum Gasteiger partial charge on any atom is -0.355 e. The van der Waals surface area contributed by atoms with Crippen molar-refractivity contribution in [1.82, 2.24) is 20.0 Å². The summed E-state index contributed by atoms with van der Waals surface area (Å²) in [6.07, 6.45) is 6.85. The van der Waals surface area contributed by atoms with Crippen molar-refractivity contribution in [3.05, 3.63) is 38.9 Å². The quantitative estimate of drug-likeness (QED) is 0.322. The number of sulfonamides is 1. The van der Waals surface area contributed by atoms with Crippen LogP contribution in [0.25, 0.3) is 11.0 Å². The number of benzene rings is 1. The predicted molar refractivity (Wildman–Crippen MR) is 108 cm³/mol. The molecule has 3 rings (SSSR count). The van der Waals surface area contributed by atoms with Crippen molar-refractivity contribution >= 4 is 27.0 Å². The SMILES string of the molecule is C#CCCC1(CCNC(=O)C(C)NS(=O)(=O)c2ccc3[nH]c(=O)c(=O)[nH]c3c2)N=N1. The average molecular weight is 432 g/mol. The highest BCUT2D eigenvalue weighted by Gasteiger charge is 2.38. The molecule has 0 spiro atoms. The molecule has 0 fully saturated rings. The van der Waals surface area contributed by atoms with Gasteiger partial charge in [0.05, 0.1) is 22.0 Å². The van der Waals surface area contributed by atoms with Crippen LogP contribution in [-0.2, 0) is 14.8 Å². The van der Waals surface area contributed by atoms with E-state index < -0.39 is 38.8 Å². The lowest BCUT2D eigenvalue weighted by molar-refractivity contribution is -0.122. The van der Waals surface area contributed by atoms with Crippen LogP contribution in [0.5, 0.6) is 0 Å². The number of H-pyrrole nitrogens is 2. The fourth-order valence-corrected chi connectivity index (χ4v) is 4.05. The van der Waals surface area contributed by atoms with Crippen LogP contribution in [0.15, 0.2) is 42.9 Å². The molecule has 0 saturated carbocycles. The van der Waals surface area contributed by atoms with Gasteiger partial charge in [-0.3, -0.25) is 14.4 Å². The number of hydrogen-bond acceptors (Lipinski definition) is 7. The third kappa shape index (κ3) is 4.81. The maximum absolute atomic E-state index is 12.6. The Labute approximate surface area is 171 Å². The van der Waals surface area contributed by atoms with Gasteiger partial charge in [0.1, 0.15) is 0 Å².